The van der Waals surface area contributed by atoms with Gasteiger partial charge >= 0.3 is 0 Å². The summed E-state index contributed by atoms with van der Waals surface area (Å²) < 4.78 is 0. The Labute approximate surface area is 97.2 Å². The quantitative estimate of drug-likeness (QED) is 0.295. The highest BCUT2D eigenvalue weighted by molar-refractivity contribution is 4.80. The van der Waals surface area contributed by atoms with Crippen LogP contribution in [0.25, 0.3) is 0 Å². The second-order valence-electron chi connectivity index (χ2n) is 4.52. The van der Waals surface area contributed by atoms with E-state index < -0.39 is 0 Å². The molecule has 0 aromatic carbocycles. The number of hydrogen-bond donors (Lipinski definition) is 0. The minimum atomic E-state index is 1.28. The van der Waals surface area contributed by atoms with Gasteiger partial charge in [0.25, 0.3) is 0 Å². The molecule has 0 spiro atoms. The largest absolute Gasteiger partial charge is 0.0885 e. The van der Waals surface area contributed by atoms with Gasteiger partial charge in [-0.15, -0.1) is 0 Å². The van der Waals surface area contributed by atoms with Crippen LogP contribution >= 0.6 is 0 Å². The first kappa shape index (κ1) is 14.7. The first-order valence-electron chi connectivity index (χ1n) is 7.06. The Morgan fingerprint density at radius 2 is 1.00 bits per heavy atom. The van der Waals surface area contributed by atoms with Crippen molar-refractivity contribution in [2.24, 2.45) is 0 Å². The normalized spacial score (nSPS) is 11.3. The zero-order valence-electron chi connectivity index (χ0n) is 10.9. The molecule has 0 amide bonds. The molecular weight excluding hydrogens is 180 g/mol. The fourth-order valence-electron chi connectivity index (χ4n) is 1.78. The van der Waals surface area contributed by atoms with E-state index in [-0.39, 0.29) is 0 Å². The summed E-state index contributed by atoms with van der Waals surface area (Å²) in [6.45, 7) is 4.53. The van der Waals surface area contributed by atoms with Crippen molar-refractivity contribution < 1.29 is 0 Å². The third-order valence-electron chi connectivity index (χ3n) is 2.87. The Kier molecular flexibility index (Phi) is 13.5. The molecule has 0 radical (unpaired) electrons. The first-order chi connectivity index (χ1) is 7.41. The summed E-state index contributed by atoms with van der Waals surface area (Å²) in [5, 5.41) is 0. The van der Waals surface area contributed by atoms with Gasteiger partial charge < -0.3 is 0 Å². The Hall–Kier alpha value is -0.260. The molecule has 15 heavy (non-hydrogen) atoms. The van der Waals surface area contributed by atoms with Crippen LogP contribution in [0.15, 0.2) is 12.2 Å². The van der Waals surface area contributed by atoms with Crippen molar-refractivity contribution in [1.29, 1.82) is 0 Å². The third kappa shape index (κ3) is 13.7. The molecule has 0 fully saturated rings. The summed E-state index contributed by atoms with van der Waals surface area (Å²) in [6.07, 6.45) is 20.0. The molecule has 0 aromatic heterocycles. The van der Waals surface area contributed by atoms with Gasteiger partial charge in [0.1, 0.15) is 0 Å². The van der Waals surface area contributed by atoms with E-state index in [0.717, 1.165) is 0 Å². The van der Waals surface area contributed by atoms with Crippen LogP contribution < -0.4 is 0 Å². The van der Waals surface area contributed by atoms with Crippen LogP contribution in [-0.4, -0.2) is 0 Å². The van der Waals surface area contributed by atoms with Crippen LogP contribution in [0.4, 0.5) is 0 Å². The maximum atomic E-state index is 2.38. The predicted octanol–water partition coefficient (Wildman–Crippen LogP) is 5.87. The number of rotatable bonds is 11. The summed E-state index contributed by atoms with van der Waals surface area (Å²) in [4.78, 5) is 0. The number of hydrogen-bond acceptors (Lipinski definition) is 0. The lowest BCUT2D eigenvalue weighted by atomic mass is 10.1. The Morgan fingerprint density at radius 3 is 1.60 bits per heavy atom. The van der Waals surface area contributed by atoms with Gasteiger partial charge in [0.05, 0.1) is 0 Å². The molecule has 0 aromatic rings. The monoisotopic (exact) mass is 210 g/mol. The van der Waals surface area contributed by atoms with Crippen LogP contribution in [-0.2, 0) is 0 Å². The molecule has 0 unspecified atom stereocenters. The third-order valence-corrected chi connectivity index (χ3v) is 2.87. The summed E-state index contributed by atoms with van der Waals surface area (Å²) in [7, 11) is 0. The molecule has 0 atom stereocenters. The van der Waals surface area contributed by atoms with Gasteiger partial charge in [0, 0.05) is 0 Å². The fourth-order valence-corrected chi connectivity index (χ4v) is 1.78. The van der Waals surface area contributed by atoms with Crippen molar-refractivity contribution in [3.05, 3.63) is 12.2 Å². The van der Waals surface area contributed by atoms with Crippen LogP contribution in [0.1, 0.15) is 84.5 Å². The zero-order valence-corrected chi connectivity index (χ0v) is 10.9. The molecule has 90 valence electrons. The van der Waals surface area contributed by atoms with Gasteiger partial charge in [-0.3, -0.25) is 0 Å². The number of unbranched alkanes of at least 4 members (excludes halogenated alkanes) is 9. The highest BCUT2D eigenvalue weighted by atomic mass is 14.0. The fraction of sp³-hybridized carbons (Fsp3) is 0.867. The summed E-state index contributed by atoms with van der Waals surface area (Å²) in [5.74, 6) is 0. The van der Waals surface area contributed by atoms with E-state index >= 15 is 0 Å². The average Bonchev–Trinajstić information content (AvgIpc) is 2.26. The highest BCUT2D eigenvalue weighted by Crippen LogP contribution is 2.08. The molecule has 0 bridgehead atoms. The van der Waals surface area contributed by atoms with E-state index in [4.69, 9.17) is 0 Å². The van der Waals surface area contributed by atoms with Gasteiger partial charge in [-0.25, -0.2) is 0 Å². The van der Waals surface area contributed by atoms with Gasteiger partial charge in [0.15, 0.2) is 0 Å². The SMILES string of the molecule is CCCCC=CCCCCCCCCC. The molecule has 0 rings (SSSR count). The van der Waals surface area contributed by atoms with Crippen LogP contribution in [0.5, 0.6) is 0 Å². The molecule has 0 aliphatic heterocycles. The molecule has 0 heterocycles. The molecular formula is C15H30. The van der Waals surface area contributed by atoms with Crippen molar-refractivity contribution in [2.45, 2.75) is 84.5 Å². The van der Waals surface area contributed by atoms with Gasteiger partial charge in [-0.2, -0.15) is 0 Å². The van der Waals surface area contributed by atoms with Crippen molar-refractivity contribution >= 4 is 0 Å². The van der Waals surface area contributed by atoms with Crippen molar-refractivity contribution in [3.63, 3.8) is 0 Å². The summed E-state index contributed by atoms with van der Waals surface area (Å²) in [6, 6.07) is 0. The predicted molar refractivity (Wildman–Crippen MR) is 71.3 cm³/mol. The van der Waals surface area contributed by atoms with Crippen molar-refractivity contribution in [3.8, 4) is 0 Å². The Bertz CT molecular complexity index is 124. The summed E-state index contributed by atoms with van der Waals surface area (Å²) >= 11 is 0. The van der Waals surface area contributed by atoms with E-state index in [0.29, 0.717) is 0 Å². The molecule has 0 aliphatic rings. The van der Waals surface area contributed by atoms with E-state index in [2.05, 4.69) is 26.0 Å². The smallest absolute Gasteiger partial charge is 0.0351 e. The zero-order chi connectivity index (χ0) is 11.2. The average molecular weight is 210 g/mol. The maximum absolute atomic E-state index is 2.38. The Balaban J connectivity index is 2.95. The lowest BCUT2D eigenvalue weighted by Crippen LogP contribution is -1.78. The maximum Gasteiger partial charge on any atom is -0.0351 e. The topological polar surface area (TPSA) is 0 Å². The first-order valence-corrected chi connectivity index (χ1v) is 7.06. The molecule has 0 aliphatic carbocycles. The second-order valence-corrected chi connectivity index (χ2v) is 4.52. The Morgan fingerprint density at radius 1 is 0.533 bits per heavy atom. The molecule has 0 N–H and O–H groups in total. The van der Waals surface area contributed by atoms with Crippen LogP contribution in [0.3, 0.4) is 0 Å². The van der Waals surface area contributed by atoms with E-state index in [1.807, 2.05) is 0 Å². The van der Waals surface area contributed by atoms with Crippen molar-refractivity contribution in [2.75, 3.05) is 0 Å². The van der Waals surface area contributed by atoms with E-state index in [1.165, 1.54) is 70.6 Å². The lowest BCUT2D eigenvalue weighted by Gasteiger charge is -1.98. The van der Waals surface area contributed by atoms with Gasteiger partial charge in [-0.05, 0) is 19.3 Å². The minimum Gasteiger partial charge on any atom is -0.0885 e. The summed E-state index contributed by atoms with van der Waals surface area (Å²) in [5.41, 5.74) is 0. The minimum absolute atomic E-state index is 1.28. The second kappa shape index (κ2) is 13.7. The van der Waals surface area contributed by atoms with Crippen molar-refractivity contribution in [1.82, 2.24) is 0 Å². The standard InChI is InChI=1S/C15H30/c1-3-5-7-9-11-13-15-14-12-10-8-6-4-2/h9,11H,3-8,10,12-15H2,1-2H3. The molecule has 0 saturated heterocycles. The van der Waals surface area contributed by atoms with E-state index in [1.54, 1.807) is 0 Å². The molecule has 0 nitrogen and oxygen atoms in total. The molecule has 0 heteroatoms. The lowest BCUT2D eigenvalue weighted by molar-refractivity contribution is 0.592. The highest BCUT2D eigenvalue weighted by Gasteiger charge is 1.89. The van der Waals surface area contributed by atoms with Crippen LogP contribution in [0.2, 0.25) is 0 Å². The van der Waals surface area contributed by atoms with Crippen LogP contribution in [0, 0.1) is 0 Å². The van der Waals surface area contributed by atoms with Gasteiger partial charge in [0.2, 0.25) is 0 Å². The van der Waals surface area contributed by atoms with E-state index in [9.17, 15) is 0 Å². The number of allylic oxidation sites excluding steroid dienone is 2. The molecule has 0 saturated carbocycles. The van der Waals surface area contributed by atoms with Gasteiger partial charge in [-0.1, -0.05) is 77.4 Å².